The number of aliphatic hydroxyl groups excluding tert-OH is 1. The lowest BCUT2D eigenvalue weighted by Crippen LogP contribution is -2.40. The topological polar surface area (TPSA) is 40.5 Å². The van der Waals surface area contributed by atoms with E-state index in [4.69, 9.17) is 0 Å². The van der Waals surface area contributed by atoms with Gasteiger partial charge in [0.05, 0.1) is 10.6 Å². The fourth-order valence-electron chi connectivity index (χ4n) is 2.40. The van der Waals surface area contributed by atoms with Crippen LogP contribution in [0.5, 0.6) is 0 Å². The van der Waals surface area contributed by atoms with E-state index in [0.29, 0.717) is 23.1 Å². The third kappa shape index (κ3) is 3.34. The molecule has 1 fully saturated rings. The van der Waals surface area contributed by atoms with E-state index in [1.807, 2.05) is 0 Å². The second-order valence-electron chi connectivity index (χ2n) is 5.00. The molecule has 0 bridgehead atoms. The van der Waals surface area contributed by atoms with Crippen molar-refractivity contribution in [3.63, 3.8) is 0 Å². The molecule has 1 heterocycles. The average molecular weight is 330 g/mol. The van der Waals surface area contributed by atoms with Gasteiger partial charge in [-0.3, -0.25) is 4.79 Å². The van der Waals surface area contributed by atoms with Crippen molar-refractivity contribution in [3.05, 3.63) is 34.1 Å². The third-order valence-corrected chi connectivity index (χ3v) is 4.28. The third-order valence-electron chi connectivity index (χ3n) is 3.68. The first kappa shape index (κ1) is 14.5. The largest absolute Gasteiger partial charge is 0.393 e. The van der Waals surface area contributed by atoms with Gasteiger partial charge in [0.1, 0.15) is 5.82 Å². The van der Waals surface area contributed by atoms with Crippen molar-refractivity contribution in [2.45, 2.75) is 25.9 Å². The summed E-state index contributed by atoms with van der Waals surface area (Å²) in [4.78, 5) is 14.0. The van der Waals surface area contributed by atoms with E-state index in [1.165, 1.54) is 18.2 Å². The fraction of sp³-hybridized carbons (Fsp3) is 0.500. The lowest BCUT2D eigenvalue weighted by Gasteiger charge is -2.33. The highest BCUT2D eigenvalue weighted by atomic mass is 79.9. The second-order valence-corrected chi connectivity index (χ2v) is 5.85. The predicted octanol–water partition coefficient (Wildman–Crippen LogP) is 2.82. The number of hydrogen-bond donors (Lipinski definition) is 1. The summed E-state index contributed by atoms with van der Waals surface area (Å²) < 4.78 is 13.4. The molecule has 0 aliphatic carbocycles. The van der Waals surface area contributed by atoms with E-state index in [1.54, 1.807) is 11.8 Å². The van der Waals surface area contributed by atoms with Crippen LogP contribution in [0.15, 0.2) is 22.7 Å². The molecule has 1 aromatic carbocycles. The second kappa shape index (κ2) is 6.01. The van der Waals surface area contributed by atoms with Crippen LogP contribution in [-0.2, 0) is 0 Å². The number of piperidine rings is 1. The Morgan fingerprint density at radius 2 is 2.11 bits per heavy atom. The molecule has 1 saturated heterocycles. The SMILES string of the molecule is C[C@@H](O)C1CCN(C(=O)c2ccc(F)c(Br)c2)CC1. The zero-order chi connectivity index (χ0) is 14.0. The molecular formula is C14H17BrFNO2. The Bertz CT molecular complexity index is 471. The van der Waals surface area contributed by atoms with Gasteiger partial charge in [0.25, 0.3) is 5.91 Å². The van der Waals surface area contributed by atoms with Gasteiger partial charge in [0, 0.05) is 18.7 Å². The van der Waals surface area contributed by atoms with E-state index < -0.39 is 0 Å². The van der Waals surface area contributed by atoms with Gasteiger partial charge < -0.3 is 10.0 Å². The van der Waals surface area contributed by atoms with Gasteiger partial charge in [-0.15, -0.1) is 0 Å². The first-order valence-electron chi connectivity index (χ1n) is 6.41. The van der Waals surface area contributed by atoms with Crippen LogP contribution in [0.1, 0.15) is 30.1 Å². The molecular weight excluding hydrogens is 313 g/mol. The zero-order valence-corrected chi connectivity index (χ0v) is 12.4. The number of halogens is 2. The van der Waals surface area contributed by atoms with Crippen molar-refractivity contribution in [3.8, 4) is 0 Å². The van der Waals surface area contributed by atoms with E-state index in [2.05, 4.69) is 15.9 Å². The maximum atomic E-state index is 13.1. The van der Waals surface area contributed by atoms with Gasteiger partial charge >= 0.3 is 0 Å². The summed E-state index contributed by atoms with van der Waals surface area (Å²) >= 11 is 3.09. The van der Waals surface area contributed by atoms with Crippen molar-refractivity contribution in [2.24, 2.45) is 5.92 Å². The molecule has 0 spiro atoms. The number of aliphatic hydroxyl groups is 1. The summed E-state index contributed by atoms with van der Waals surface area (Å²) in [5.41, 5.74) is 0.490. The van der Waals surface area contributed by atoms with Gasteiger partial charge in [-0.05, 0) is 59.8 Å². The molecule has 2 rings (SSSR count). The molecule has 1 atom stereocenters. The quantitative estimate of drug-likeness (QED) is 0.906. The average Bonchev–Trinajstić information content (AvgIpc) is 2.41. The lowest BCUT2D eigenvalue weighted by molar-refractivity contribution is 0.0521. The normalized spacial score (nSPS) is 18.4. The van der Waals surface area contributed by atoms with Crippen LogP contribution >= 0.6 is 15.9 Å². The molecule has 1 aliphatic heterocycles. The number of carbonyl (C=O) groups excluding carboxylic acids is 1. The van der Waals surface area contributed by atoms with E-state index in [9.17, 15) is 14.3 Å². The molecule has 5 heteroatoms. The van der Waals surface area contributed by atoms with Gasteiger partial charge in [-0.1, -0.05) is 0 Å². The van der Waals surface area contributed by atoms with E-state index >= 15 is 0 Å². The summed E-state index contributed by atoms with van der Waals surface area (Å²) in [5.74, 6) is -0.182. The highest BCUT2D eigenvalue weighted by molar-refractivity contribution is 9.10. The molecule has 104 valence electrons. The molecule has 19 heavy (non-hydrogen) atoms. The summed E-state index contributed by atoms with van der Waals surface area (Å²) in [5, 5.41) is 9.53. The molecule has 1 amide bonds. The Morgan fingerprint density at radius 3 is 2.63 bits per heavy atom. The van der Waals surface area contributed by atoms with Crippen molar-refractivity contribution in [2.75, 3.05) is 13.1 Å². The van der Waals surface area contributed by atoms with Crippen molar-refractivity contribution < 1.29 is 14.3 Å². The summed E-state index contributed by atoms with van der Waals surface area (Å²) in [6.45, 7) is 3.08. The van der Waals surface area contributed by atoms with Gasteiger partial charge in [0.15, 0.2) is 0 Å². The van der Waals surface area contributed by atoms with Crippen LogP contribution in [0.2, 0.25) is 0 Å². The number of benzene rings is 1. The number of carbonyl (C=O) groups is 1. The molecule has 0 unspecified atom stereocenters. The number of hydrogen-bond acceptors (Lipinski definition) is 2. The fourth-order valence-corrected chi connectivity index (χ4v) is 2.78. The maximum Gasteiger partial charge on any atom is 0.253 e. The molecule has 0 aromatic heterocycles. The first-order chi connectivity index (χ1) is 8.99. The summed E-state index contributed by atoms with van der Waals surface area (Å²) in [6, 6.07) is 4.31. The molecule has 1 N–H and O–H groups in total. The number of rotatable bonds is 2. The number of amides is 1. The van der Waals surface area contributed by atoms with Crippen molar-refractivity contribution in [1.29, 1.82) is 0 Å². The summed E-state index contributed by atoms with van der Waals surface area (Å²) in [6.07, 6.45) is 1.30. The van der Waals surface area contributed by atoms with Crippen LogP contribution in [0.4, 0.5) is 4.39 Å². The first-order valence-corrected chi connectivity index (χ1v) is 7.20. The van der Waals surface area contributed by atoms with Crippen LogP contribution in [0.25, 0.3) is 0 Å². The van der Waals surface area contributed by atoms with Crippen molar-refractivity contribution in [1.82, 2.24) is 4.90 Å². The highest BCUT2D eigenvalue weighted by Gasteiger charge is 2.26. The van der Waals surface area contributed by atoms with Gasteiger partial charge in [0.2, 0.25) is 0 Å². The Kier molecular flexibility index (Phi) is 4.58. The maximum absolute atomic E-state index is 13.1. The highest BCUT2D eigenvalue weighted by Crippen LogP contribution is 2.23. The minimum Gasteiger partial charge on any atom is -0.393 e. The van der Waals surface area contributed by atoms with Crippen LogP contribution in [-0.4, -0.2) is 35.1 Å². The van der Waals surface area contributed by atoms with Gasteiger partial charge in [-0.25, -0.2) is 4.39 Å². The zero-order valence-electron chi connectivity index (χ0n) is 10.8. The molecule has 0 saturated carbocycles. The Hall–Kier alpha value is -0.940. The minimum absolute atomic E-state index is 0.0789. The van der Waals surface area contributed by atoms with Gasteiger partial charge in [-0.2, -0.15) is 0 Å². The lowest BCUT2D eigenvalue weighted by atomic mass is 9.92. The van der Waals surface area contributed by atoms with Crippen LogP contribution in [0.3, 0.4) is 0 Å². The predicted molar refractivity (Wildman–Crippen MR) is 74.4 cm³/mol. The Balaban J connectivity index is 2.03. The molecule has 1 aromatic rings. The molecule has 0 radical (unpaired) electrons. The monoisotopic (exact) mass is 329 g/mol. The van der Waals surface area contributed by atoms with Crippen molar-refractivity contribution >= 4 is 21.8 Å². The number of nitrogens with zero attached hydrogens (tertiary/aromatic N) is 1. The Morgan fingerprint density at radius 1 is 1.47 bits per heavy atom. The Labute approximate surface area is 120 Å². The van der Waals surface area contributed by atoms with Crippen LogP contribution in [0, 0.1) is 11.7 Å². The van der Waals surface area contributed by atoms with Crippen LogP contribution < -0.4 is 0 Å². The summed E-state index contributed by atoms with van der Waals surface area (Å²) in [7, 11) is 0. The van der Waals surface area contributed by atoms with E-state index in [-0.39, 0.29) is 23.7 Å². The molecule has 3 nitrogen and oxygen atoms in total. The standard InChI is InChI=1S/C14H17BrFNO2/c1-9(18)10-4-6-17(7-5-10)14(19)11-2-3-13(16)12(15)8-11/h2-3,8-10,18H,4-7H2,1H3/t9-/m1/s1. The smallest absolute Gasteiger partial charge is 0.253 e. The number of likely N-dealkylation sites (tertiary alicyclic amines) is 1. The molecule has 1 aliphatic rings. The minimum atomic E-state index is -0.371. The van der Waals surface area contributed by atoms with E-state index in [0.717, 1.165) is 12.8 Å².